The van der Waals surface area contributed by atoms with E-state index in [0.29, 0.717) is 17.5 Å². The molecule has 2 unspecified atom stereocenters. The van der Waals surface area contributed by atoms with Crippen molar-refractivity contribution in [1.82, 2.24) is 5.32 Å². The summed E-state index contributed by atoms with van der Waals surface area (Å²) < 4.78 is 5.49. The summed E-state index contributed by atoms with van der Waals surface area (Å²) in [6, 6.07) is 5.47. The lowest BCUT2D eigenvalue weighted by molar-refractivity contribution is -0.115. The molecule has 0 aromatic heterocycles. The van der Waals surface area contributed by atoms with Crippen molar-refractivity contribution < 1.29 is 9.53 Å². The zero-order valence-electron chi connectivity index (χ0n) is 11.9. The van der Waals surface area contributed by atoms with E-state index in [4.69, 9.17) is 16.3 Å². The van der Waals surface area contributed by atoms with Crippen LogP contribution in [-0.2, 0) is 9.53 Å². The summed E-state index contributed by atoms with van der Waals surface area (Å²) in [5, 5.41) is 6.68. The van der Waals surface area contributed by atoms with Gasteiger partial charge in [-0.05, 0) is 43.9 Å². The van der Waals surface area contributed by atoms with Gasteiger partial charge < -0.3 is 15.4 Å². The second kappa shape index (κ2) is 7.07. The lowest BCUT2D eigenvalue weighted by Gasteiger charge is -2.15. The Hall–Kier alpha value is -1.10. The first-order chi connectivity index (χ1) is 9.56. The molecule has 5 heteroatoms. The molecule has 20 heavy (non-hydrogen) atoms. The average Bonchev–Trinajstić information content (AvgIpc) is 2.80. The number of hydrogen-bond acceptors (Lipinski definition) is 3. The molecule has 4 nitrogen and oxygen atoms in total. The van der Waals surface area contributed by atoms with E-state index in [-0.39, 0.29) is 12.0 Å². The number of anilines is 1. The smallest absolute Gasteiger partial charge is 0.238 e. The SMILES string of the molecule is Cc1ccc(Cl)cc1NC(=O)CNCC1CCOC1C. The van der Waals surface area contributed by atoms with Gasteiger partial charge in [0.05, 0.1) is 12.6 Å². The van der Waals surface area contributed by atoms with Gasteiger partial charge in [0.2, 0.25) is 5.91 Å². The van der Waals surface area contributed by atoms with E-state index in [0.717, 1.165) is 30.8 Å². The number of benzene rings is 1. The number of carbonyl (C=O) groups excluding carboxylic acids is 1. The molecule has 1 aliphatic rings. The normalized spacial score (nSPS) is 21.9. The fraction of sp³-hybridized carbons (Fsp3) is 0.533. The van der Waals surface area contributed by atoms with Gasteiger partial charge in [-0.15, -0.1) is 0 Å². The van der Waals surface area contributed by atoms with E-state index >= 15 is 0 Å². The monoisotopic (exact) mass is 296 g/mol. The van der Waals surface area contributed by atoms with Gasteiger partial charge >= 0.3 is 0 Å². The highest BCUT2D eigenvalue weighted by Crippen LogP contribution is 2.20. The predicted octanol–water partition coefficient (Wildman–Crippen LogP) is 2.60. The molecular weight excluding hydrogens is 276 g/mol. The molecule has 1 saturated heterocycles. The Kier molecular flexibility index (Phi) is 5.40. The van der Waals surface area contributed by atoms with Crippen LogP contribution in [0.5, 0.6) is 0 Å². The van der Waals surface area contributed by atoms with Gasteiger partial charge in [-0.1, -0.05) is 17.7 Å². The van der Waals surface area contributed by atoms with Gasteiger partial charge in [0.1, 0.15) is 0 Å². The minimum atomic E-state index is -0.0538. The highest BCUT2D eigenvalue weighted by atomic mass is 35.5. The van der Waals surface area contributed by atoms with Crippen LogP contribution >= 0.6 is 11.6 Å². The van der Waals surface area contributed by atoms with E-state index in [1.54, 1.807) is 6.07 Å². The standard InChI is InChI=1S/C15H21ClN2O2/c1-10-3-4-13(16)7-14(10)18-15(19)9-17-8-12-5-6-20-11(12)2/h3-4,7,11-12,17H,5-6,8-9H2,1-2H3,(H,18,19). The second-order valence-electron chi connectivity index (χ2n) is 5.26. The number of ether oxygens (including phenoxy) is 1. The third-order valence-electron chi connectivity index (χ3n) is 3.70. The number of rotatable bonds is 5. The maximum atomic E-state index is 11.9. The van der Waals surface area contributed by atoms with Crippen LogP contribution in [0.2, 0.25) is 5.02 Å². The van der Waals surface area contributed by atoms with Crippen molar-refractivity contribution in [3.8, 4) is 0 Å². The first kappa shape index (κ1) is 15.3. The van der Waals surface area contributed by atoms with Crippen molar-refractivity contribution in [1.29, 1.82) is 0 Å². The summed E-state index contributed by atoms with van der Waals surface area (Å²) in [6.07, 6.45) is 1.34. The fourth-order valence-corrected chi connectivity index (χ4v) is 2.51. The van der Waals surface area contributed by atoms with Crippen LogP contribution in [0.25, 0.3) is 0 Å². The van der Waals surface area contributed by atoms with Crippen molar-refractivity contribution in [2.24, 2.45) is 5.92 Å². The van der Waals surface area contributed by atoms with Gasteiger partial charge in [-0.3, -0.25) is 4.79 Å². The summed E-state index contributed by atoms with van der Waals surface area (Å²) in [6.45, 7) is 5.95. The van der Waals surface area contributed by atoms with E-state index in [2.05, 4.69) is 17.6 Å². The predicted molar refractivity (Wildman–Crippen MR) is 81.2 cm³/mol. The lowest BCUT2D eigenvalue weighted by Crippen LogP contribution is -2.33. The number of aryl methyl sites for hydroxylation is 1. The quantitative estimate of drug-likeness (QED) is 0.878. The Morgan fingerprint density at radius 2 is 2.30 bits per heavy atom. The minimum absolute atomic E-state index is 0.0538. The summed E-state index contributed by atoms with van der Waals surface area (Å²) in [7, 11) is 0. The molecule has 110 valence electrons. The highest BCUT2D eigenvalue weighted by Gasteiger charge is 2.23. The average molecular weight is 297 g/mol. The largest absolute Gasteiger partial charge is 0.378 e. The molecule has 0 saturated carbocycles. The van der Waals surface area contributed by atoms with Gasteiger partial charge in [-0.2, -0.15) is 0 Å². The van der Waals surface area contributed by atoms with Crippen LogP contribution in [0.15, 0.2) is 18.2 Å². The molecule has 0 radical (unpaired) electrons. The zero-order chi connectivity index (χ0) is 14.5. The van der Waals surface area contributed by atoms with Gasteiger partial charge in [0.25, 0.3) is 0 Å². The van der Waals surface area contributed by atoms with Crippen molar-refractivity contribution in [2.75, 3.05) is 25.0 Å². The minimum Gasteiger partial charge on any atom is -0.378 e. The molecular formula is C15H21ClN2O2. The molecule has 0 bridgehead atoms. The van der Waals surface area contributed by atoms with Crippen LogP contribution in [0.1, 0.15) is 18.9 Å². The highest BCUT2D eigenvalue weighted by molar-refractivity contribution is 6.31. The van der Waals surface area contributed by atoms with Crippen molar-refractivity contribution in [3.63, 3.8) is 0 Å². The van der Waals surface area contributed by atoms with E-state index in [9.17, 15) is 4.79 Å². The zero-order valence-corrected chi connectivity index (χ0v) is 12.7. The molecule has 1 amide bonds. The third kappa shape index (κ3) is 4.20. The Labute approximate surface area is 124 Å². The molecule has 1 heterocycles. The maximum Gasteiger partial charge on any atom is 0.238 e. The topological polar surface area (TPSA) is 50.4 Å². The van der Waals surface area contributed by atoms with Crippen LogP contribution in [0.4, 0.5) is 5.69 Å². The Morgan fingerprint density at radius 1 is 1.50 bits per heavy atom. The first-order valence-electron chi connectivity index (χ1n) is 6.94. The summed E-state index contributed by atoms with van der Waals surface area (Å²) in [5.74, 6) is 0.442. The van der Waals surface area contributed by atoms with Gasteiger partial charge in [-0.25, -0.2) is 0 Å². The fourth-order valence-electron chi connectivity index (χ4n) is 2.34. The number of amides is 1. The third-order valence-corrected chi connectivity index (χ3v) is 3.93. The maximum absolute atomic E-state index is 11.9. The molecule has 2 atom stereocenters. The number of nitrogens with one attached hydrogen (secondary N) is 2. The van der Waals surface area contributed by atoms with Crippen LogP contribution in [0, 0.1) is 12.8 Å². The lowest BCUT2D eigenvalue weighted by atomic mass is 10.0. The number of hydrogen-bond donors (Lipinski definition) is 2. The van der Waals surface area contributed by atoms with Gasteiger partial charge in [0, 0.05) is 23.9 Å². The molecule has 1 aromatic carbocycles. The van der Waals surface area contributed by atoms with Crippen molar-refractivity contribution in [2.45, 2.75) is 26.4 Å². The second-order valence-corrected chi connectivity index (χ2v) is 5.70. The van der Waals surface area contributed by atoms with Crippen molar-refractivity contribution >= 4 is 23.2 Å². The molecule has 2 N–H and O–H groups in total. The molecule has 1 fully saturated rings. The molecule has 0 spiro atoms. The first-order valence-corrected chi connectivity index (χ1v) is 7.32. The molecule has 1 aliphatic heterocycles. The Balaban J connectivity index is 1.76. The van der Waals surface area contributed by atoms with Gasteiger partial charge in [0.15, 0.2) is 0 Å². The van der Waals surface area contributed by atoms with Crippen LogP contribution in [-0.4, -0.2) is 31.7 Å². The summed E-state index contributed by atoms with van der Waals surface area (Å²) >= 11 is 5.93. The van der Waals surface area contributed by atoms with Crippen LogP contribution in [0.3, 0.4) is 0 Å². The molecule has 2 rings (SSSR count). The van der Waals surface area contributed by atoms with Crippen molar-refractivity contribution in [3.05, 3.63) is 28.8 Å². The molecule has 0 aliphatic carbocycles. The van der Waals surface area contributed by atoms with Crippen LogP contribution < -0.4 is 10.6 Å². The Morgan fingerprint density at radius 3 is 3.00 bits per heavy atom. The number of carbonyl (C=O) groups is 1. The van der Waals surface area contributed by atoms with E-state index < -0.39 is 0 Å². The molecule has 1 aromatic rings. The number of halogens is 1. The summed E-state index contributed by atoms with van der Waals surface area (Å²) in [4.78, 5) is 11.9. The van der Waals surface area contributed by atoms with E-state index in [1.165, 1.54) is 0 Å². The summed E-state index contributed by atoms with van der Waals surface area (Å²) in [5.41, 5.74) is 1.77. The van der Waals surface area contributed by atoms with E-state index in [1.807, 2.05) is 19.1 Å². The Bertz CT molecular complexity index is 479.